The molecule has 21 heavy (non-hydrogen) atoms. The summed E-state index contributed by atoms with van der Waals surface area (Å²) in [5, 5.41) is 24.7. The van der Waals surface area contributed by atoms with Gasteiger partial charge in [-0.2, -0.15) is 0 Å². The molecule has 0 aliphatic carbocycles. The zero-order valence-electron chi connectivity index (χ0n) is 10.9. The Morgan fingerprint density at radius 3 is 2.76 bits per heavy atom. The third kappa shape index (κ3) is 3.66. The van der Waals surface area contributed by atoms with Crippen LogP contribution >= 0.6 is 0 Å². The number of carboxylic acid groups (broad SMARTS) is 1. The molecule has 0 radical (unpaired) electrons. The van der Waals surface area contributed by atoms with Crippen LogP contribution in [0.1, 0.15) is 16.8 Å². The molecule has 9 nitrogen and oxygen atoms in total. The van der Waals surface area contributed by atoms with Gasteiger partial charge in [0.1, 0.15) is 5.69 Å². The molecule has 1 aliphatic heterocycles. The lowest BCUT2D eigenvalue weighted by molar-refractivity contribution is -0.383. The summed E-state index contributed by atoms with van der Waals surface area (Å²) in [6.45, 7) is 0.950. The smallest absolute Gasteiger partial charge is 0.335 e. The topological polar surface area (TPSA) is 131 Å². The zero-order chi connectivity index (χ0) is 15.4. The molecule has 1 aromatic carbocycles. The quantitative estimate of drug-likeness (QED) is 0.565. The van der Waals surface area contributed by atoms with E-state index < -0.39 is 22.6 Å². The molecule has 0 spiro atoms. The second-order valence-electron chi connectivity index (χ2n) is 4.45. The molecule has 1 fully saturated rings. The lowest BCUT2D eigenvalue weighted by Gasteiger charge is -2.12. The van der Waals surface area contributed by atoms with Crippen molar-refractivity contribution in [3.63, 3.8) is 0 Å². The minimum absolute atomic E-state index is 0.0681. The number of carboxylic acids is 1. The molecule has 3 N–H and O–H groups in total. The Bertz CT molecular complexity index is 582. The minimum Gasteiger partial charge on any atom is -0.478 e. The summed E-state index contributed by atoms with van der Waals surface area (Å²) in [6.07, 6.45) is 0.674. The van der Waals surface area contributed by atoms with E-state index in [0.29, 0.717) is 19.6 Å². The Labute approximate surface area is 119 Å². The number of nitro benzene ring substituents is 1. The van der Waals surface area contributed by atoms with Gasteiger partial charge in [-0.25, -0.2) is 9.59 Å². The lowest BCUT2D eigenvalue weighted by atomic mass is 10.1. The number of urea groups is 1. The van der Waals surface area contributed by atoms with Gasteiger partial charge in [-0.3, -0.25) is 10.1 Å². The number of hydrogen-bond acceptors (Lipinski definition) is 5. The molecule has 1 unspecified atom stereocenters. The maximum Gasteiger partial charge on any atom is 0.335 e. The molecule has 1 atom stereocenters. The number of nitrogens with zero attached hydrogens (tertiary/aromatic N) is 1. The Hall–Kier alpha value is -2.68. The molecule has 2 amide bonds. The van der Waals surface area contributed by atoms with Crippen molar-refractivity contribution in [3.05, 3.63) is 33.9 Å². The van der Waals surface area contributed by atoms with Gasteiger partial charge in [0, 0.05) is 12.7 Å². The van der Waals surface area contributed by atoms with Crippen LogP contribution in [0.15, 0.2) is 18.2 Å². The first-order valence-corrected chi connectivity index (χ1v) is 6.14. The molecular weight excluding hydrogens is 282 g/mol. The number of nitro groups is 1. The number of rotatable bonds is 4. The van der Waals surface area contributed by atoms with E-state index in [1.54, 1.807) is 0 Å². The molecule has 0 saturated carbocycles. The van der Waals surface area contributed by atoms with E-state index in [2.05, 4.69) is 10.6 Å². The van der Waals surface area contributed by atoms with Crippen molar-refractivity contribution in [1.29, 1.82) is 0 Å². The van der Waals surface area contributed by atoms with E-state index >= 15 is 0 Å². The summed E-state index contributed by atoms with van der Waals surface area (Å²) in [4.78, 5) is 32.7. The largest absolute Gasteiger partial charge is 0.478 e. The number of carbonyl (C=O) groups excluding carboxylic acids is 1. The summed E-state index contributed by atoms with van der Waals surface area (Å²) in [6, 6.07) is 2.53. The molecule has 9 heteroatoms. The van der Waals surface area contributed by atoms with Crippen LogP contribution in [0.5, 0.6) is 0 Å². The van der Waals surface area contributed by atoms with Crippen LogP contribution in [0.3, 0.4) is 0 Å². The Kier molecular flexibility index (Phi) is 4.33. The van der Waals surface area contributed by atoms with Crippen LogP contribution < -0.4 is 10.6 Å². The van der Waals surface area contributed by atoms with Gasteiger partial charge in [-0.15, -0.1) is 0 Å². The van der Waals surface area contributed by atoms with Crippen molar-refractivity contribution in [2.75, 3.05) is 18.5 Å². The second-order valence-corrected chi connectivity index (χ2v) is 4.45. The van der Waals surface area contributed by atoms with E-state index in [0.717, 1.165) is 6.07 Å². The first-order chi connectivity index (χ1) is 9.97. The fourth-order valence-electron chi connectivity index (χ4n) is 1.91. The van der Waals surface area contributed by atoms with Crippen molar-refractivity contribution >= 4 is 23.4 Å². The number of ether oxygens (including phenoxy) is 1. The van der Waals surface area contributed by atoms with Gasteiger partial charge < -0.3 is 20.5 Å². The van der Waals surface area contributed by atoms with E-state index in [1.165, 1.54) is 12.1 Å². The molecule has 0 bridgehead atoms. The SMILES string of the molecule is O=C(Nc1ccc(C(=O)O)cc1[N+](=O)[O-])NC1CCOC1. The normalized spacial score (nSPS) is 17.2. The first kappa shape index (κ1) is 14.7. The maximum absolute atomic E-state index is 11.7. The van der Waals surface area contributed by atoms with Crippen molar-refractivity contribution in [1.82, 2.24) is 5.32 Å². The Morgan fingerprint density at radius 1 is 1.43 bits per heavy atom. The summed E-state index contributed by atoms with van der Waals surface area (Å²) >= 11 is 0. The highest BCUT2D eigenvalue weighted by molar-refractivity contribution is 5.94. The monoisotopic (exact) mass is 295 g/mol. The van der Waals surface area contributed by atoms with Gasteiger partial charge in [0.25, 0.3) is 5.69 Å². The molecule has 1 saturated heterocycles. The molecule has 1 heterocycles. The van der Waals surface area contributed by atoms with E-state index in [4.69, 9.17) is 9.84 Å². The van der Waals surface area contributed by atoms with Crippen molar-refractivity contribution in [2.24, 2.45) is 0 Å². The van der Waals surface area contributed by atoms with Gasteiger partial charge in [-0.05, 0) is 18.6 Å². The highest BCUT2D eigenvalue weighted by Crippen LogP contribution is 2.25. The molecule has 1 aliphatic rings. The van der Waals surface area contributed by atoms with Gasteiger partial charge in [-0.1, -0.05) is 0 Å². The van der Waals surface area contributed by atoms with E-state index in [9.17, 15) is 19.7 Å². The van der Waals surface area contributed by atoms with Crippen LogP contribution in [-0.4, -0.2) is 41.3 Å². The lowest BCUT2D eigenvalue weighted by Crippen LogP contribution is -2.38. The van der Waals surface area contributed by atoms with E-state index in [-0.39, 0.29) is 17.3 Å². The van der Waals surface area contributed by atoms with Crippen LogP contribution in [0.4, 0.5) is 16.2 Å². The van der Waals surface area contributed by atoms with Gasteiger partial charge in [0.15, 0.2) is 0 Å². The fourth-order valence-corrected chi connectivity index (χ4v) is 1.91. The maximum atomic E-state index is 11.7. The third-order valence-electron chi connectivity index (χ3n) is 2.95. The summed E-state index contributed by atoms with van der Waals surface area (Å²) in [5.41, 5.74) is -0.772. The van der Waals surface area contributed by atoms with Gasteiger partial charge in [0.2, 0.25) is 0 Å². The van der Waals surface area contributed by atoms with Crippen LogP contribution in [0, 0.1) is 10.1 Å². The molecule has 1 aromatic rings. The fraction of sp³-hybridized carbons (Fsp3) is 0.333. The van der Waals surface area contributed by atoms with Crippen LogP contribution in [-0.2, 0) is 4.74 Å². The average Bonchev–Trinajstić information content (AvgIpc) is 2.91. The summed E-state index contributed by atoms with van der Waals surface area (Å²) in [5.74, 6) is -1.28. The van der Waals surface area contributed by atoms with Crippen molar-refractivity contribution < 1.29 is 24.4 Å². The number of hydrogen-bond donors (Lipinski definition) is 3. The van der Waals surface area contributed by atoms with Gasteiger partial charge >= 0.3 is 12.0 Å². The molecule has 112 valence electrons. The molecule has 2 rings (SSSR count). The number of nitrogens with one attached hydrogen (secondary N) is 2. The predicted octanol–water partition coefficient (Wildman–Crippen LogP) is 1.20. The zero-order valence-corrected chi connectivity index (χ0v) is 10.9. The van der Waals surface area contributed by atoms with E-state index in [1.807, 2.05) is 0 Å². The Morgan fingerprint density at radius 2 is 2.19 bits per heavy atom. The predicted molar refractivity (Wildman–Crippen MR) is 71.4 cm³/mol. The van der Waals surface area contributed by atoms with Crippen molar-refractivity contribution in [2.45, 2.75) is 12.5 Å². The molecular formula is C12H13N3O6. The second kappa shape index (κ2) is 6.18. The highest BCUT2D eigenvalue weighted by Gasteiger charge is 2.21. The van der Waals surface area contributed by atoms with Crippen molar-refractivity contribution in [3.8, 4) is 0 Å². The van der Waals surface area contributed by atoms with Crippen LogP contribution in [0.2, 0.25) is 0 Å². The van der Waals surface area contributed by atoms with Gasteiger partial charge in [0.05, 0.1) is 23.1 Å². The third-order valence-corrected chi connectivity index (χ3v) is 2.95. The average molecular weight is 295 g/mol. The number of amides is 2. The minimum atomic E-state index is -1.28. The molecule has 0 aromatic heterocycles. The summed E-state index contributed by atoms with van der Waals surface area (Å²) in [7, 11) is 0. The number of benzene rings is 1. The Balaban J connectivity index is 2.12. The number of aromatic carboxylic acids is 1. The summed E-state index contributed by atoms with van der Waals surface area (Å²) < 4.78 is 5.10. The highest BCUT2D eigenvalue weighted by atomic mass is 16.6. The van der Waals surface area contributed by atoms with Crippen LogP contribution in [0.25, 0.3) is 0 Å². The standard InChI is InChI=1S/C12H13N3O6/c16-11(17)7-1-2-9(10(5-7)15(19)20)14-12(18)13-8-3-4-21-6-8/h1-2,5,8H,3-4,6H2,(H,16,17)(H2,13,14,18). The number of anilines is 1. The first-order valence-electron chi connectivity index (χ1n) is 6.14. The number of carbonyl (C=O) groups is 2.